The van der Waals surface area contributed by atoms with Crippen molar-refractivity contribution in [2.24, 2.45) is 5.92 Å². The van der Waals surface area contributed by atoms with Gasteiger partial charge >= 0.3 is 0 Å². The van der Waals surface area contributed by atoms with E-state index < -0.39 is 0 Å². The van der Waals surface area contributed by atoms with E-state index in [1.807, 2.05) is 0 Å². The lowest BCUT2D eigenvalue weighted by Crippen LogP contribution is -2.35. The highest BCUT2D eigenvalue weighted by atomic mass is 79.9. The van der Waals surface area contributed by atoms with Gasteiger partial charge in [-0.3, -0.25) is 0 Å². The van der Waals surface area contributed by atoms with Crippen LogP contribution in [0.5, 0.6) is 0 Å². The molecule has 2 heterocycles. The summed E-state index contributed by atoms with van der Waals surface area (Å²) in [7, 11) is 0. The number of aromatic nitrogens is 2. The minimum absolute atomic E-state index is 0.624. The zero-order valence-corrected chi connectivity index (χ0v) is 13.5. The van der Waals surface area contributed by atoms with E-state index in [9.17, 15) is 0 Å². The van der Waals surface area contributed by atoms with E-state index in [-0.39, 0.29) is 0 Å². The second-order valence-electron chi connectivity index (χ2n) is 6.63. The fourth-order valence-electron chi connectivity index (χ4n) is 4.00. The zero-order chi connectivity index (χ0) is 13.5. The van der Waals surface area contributed by atoms with Crippen LogP contribution in [0, 0.1) is 5.92 Å². The summed E-state index contributed by atoms with van der Waals surface area (Å²) in [5.74, 6) is 3.75. The maximum absolute atomic E-state index is 4.88. The van der Waals surface area contributed by atoms with E-state index in [1.54, 1.807) is 0 Å². The first-order valence-corrected chi connectivity index (χ1v) is 8.92. The normalized spacial score (nSPS) is 27.4. The van der Waals surface area contributed by atoms with Crippen LogP contribution in [0.3, 0.4) is 0 Å². The van der Waals surface area contributed by atoms with Crippen molar-refractivity contribution >= 4 is 21.7 Å². The van der Waals surface area contributed by atoms with Gasteiger partial charge in [0.2, 0.25) is 0 Å². The van der Waals surface area contributed by atoms with Crippen molar-refractivity contribution in [1.29, 1.82) is 0 Å². The van der Waals surface area contributed by atoms with E-state index in [4.69, 9.17) is 4.98 Å². The molecule has 0 bridgehead atoms. The average Bonchev–Trinajstić information content (AvgIpc) is 2.96. The number of rotatable bonds is 3. The first-order chi connectivity index (χ1) is 9.81. The minimum Gasteiger partial charge on any atom is -0.353 e. The van der Waals surface area contributed by atoms with Gasteiger partial charge < -0.3 is 4.90 Å². The predicted octanol–water partition coefficient (Wildman–Crippen LogP) is 4.28. The first kappa shape index (κ1) is 13.1. The van der Waals surface area contributed by atoms with Crippen LogP contribution in [0.15, 0.2) is 10.7 Å². The summed E-state index contributed by atoms with van der Waals surface area (Å²) in [6, 6.07) is 2.85. The molecular formula is C16H22BrN3. The molecule has 0 radical (unpaired) electrons. The third kappa shape index (κ3) is 2.47. The number of nitrogens with zero attached hydrogens (tertiary/aromatic N) is 3. The Morgan fingerprint density at radius 3 is 2.55 bits per heavy atom. The molecule has 1 saturated heterocycles. The Morgan fingerprint density at radius 1 is 1.00 bits per heavy atom. The van der Waals surface area contributed by atoms with Crippen molar-refractivity contribution in [2.45, 2.75) is 63.3 Å². The number of hydrogen-bond acceptors (Lipinski definition) is 3. The molecule has 108 valence electrons. The molecule has 4 rings (SSSR count). The standard InChI is InChI=1S/C16H22BrN3/c17-14-10-15(19-16(18-14)12-7-8-12)20-9-3-6-13(20)11-4-1-2-5-11/h10-13H,1-9H2. The summed E-state index contributed by atoms with van der Waals surface area (Å²) in [6.07, 6.45) is 10.9. The van der Waals surface area contributed by atoms with Crippen LogP contribution in [0.4, 0.5) is 5.82 Å². The Kier molecular flexibility index (Phi) is 3.45. The minimum atomic E-state index is 0.624. The van der Waals surface area contributed by atoms with Crippen LogP contribution in [0.1, 0.15) is 63.1 Å². The van der Waals surface area contributed by atoms with E-state index >= 15 is 0 Å². The molecule has 0 aromatic carbocycles. The van der Waals surface area contributed by atoms with Crippen LogP contribution in [-0.4, -0.2) is 22.6 Å². The van der Waals surface area contributed by atoms with Crippen LogP contribution >= 0.6 is 15.9 Å². The van der Waals surface area contributed by atoms with Crippen molar-refractivity contribution in [2.75, 3.05) is 11.4 Å². The predicted molar refractivity (Wildman–Crippen MR) is 84.0 cm³/mol. The Bertz CT molecular complexity index is 494. The first-order valence-electron chi connectivity index (χ1n) is 8.12. The number of hydrogen-bond donors (Lipinski definition) is 0. The Labute approximate surface area is 129 Å². The van der Waals surface area contributed by atoms with Gasteiger partial charge in [0, 0.05) is 24.6 Å². The SMILES string of the molecule is Brc1cc(N2CCCC2C2CCCC2)nc(C2CC2)n1. The van der Waals surface area contributed by atoms with Crippen molar-refractivity contribution < 1.29 is 0 Å². The lowest BCUT2D eigenvalue weighted by molar-refractivity contribution is 0.429. The zero-order valence-electron chi connectivity index (χ0n) is 11.9. The van der Waals surface area contributed by atoms with Crippen molar-refractivity contribution in [3.63, 3.8) is 0 Å². The van der Waals surface area contributed by atoms with E-state index in [2.05, 4.69) is 31.9 Å². The molecule has 2 aliphatic carbocycles. The summed E-state index contributed by atoms with van der Waals surface area (Å²) in [5, 5.41) is 0. The molecule has 3 nitrogen and oxygen atoms in total. The molecule has 0 amide bonds. The molecule has 1 atom stereocenters. The molecule has 20 heavy (non-hydrogen) atoms. The third-order valence-corrected chi connectivity index (χ3v) is 5.58. The number of halogens is 1. The van der Waals surface area contributed by atoms with Crippen molar-refractivity contribution in [3.05, 3.63) is 16.5 Å². The Morgan fingerprint density at radius 2 is 1.80 bits per heavy atom. The molecule has 0 N–H and O–H groups in total. The van der Waals surface area contributed by atoms with E-state index in [0.29, 0.717) is 5.92 Å². The smallest absolute Gasteiger partial charge is 0.135 e. The highest BCUT2D eigenvalue weighted by molar-refractivity contribution is 9.10. The summed E-state index contributed by atoms with van der Waals surface area (Å²) in [5.41, 5.74) is 0. The van der Waals surface area contributed by atoms with Gasteiger partial charge in [-0.15, -0.1) is 0 Å². The topological polar surface area (TPSA) is 29.0 Å². The Balaban J connectivity index is 1.61. The van der Waals surface area contributed by atoms with Crippen LogP contribution < -0.4 is 4.90 Å². The monoisotopic (exact) mass is 335 g/mol. The van der Waals surface area contributed by atoms with Crippen LogP contribution in [0.25, 0.3) is 0 Å². The lowest BCUT2D eigenvalue weighted by atomic mass is 9.96. The van der Waals surface area contributed by atoms with Gasteiger partial charge in [0.25, 0.3) is 0 Å². The van der Waals surface area contributed by atoms with Gasteiger partial charge in [0.15, 0.2) is 0 Å². The second-order valence-corrected chi connectivity index (χ2v) is 7.44. The molecule has 3 fully saturated rings. The maximum Gasteiger partial charge on any atom is 0.135 e. The quantitative estimate of drug-likeness (QED) is 0.772. The Hall–Kier alpha value is -0.640. The molecule has 1 unspecified atom stereocenters. The molecular weight excluding hydrogens is 314 g/mol. The molecule has 2 saturated carbocycles. The molecule has 4 heteroatoms. The van der Waals surface area contributed by atoms with Gasteiger partial charge in [-0.1, -0.05) is 12.8 Å². The van der Waals surface area contributed by atoms with Gasteiger partial charge in [0.1, 0.15) is 16.2 Å². The summed E-state index contributed by atoms with van der Waals surface area (Å²) in [6.45, 7) is 1.18. The third-order valence-electron chi connectivity index (χ3n) is 5.18. The molecule has 1 aromatic heterocycles. The average molecular weight is 336 g/mol. The van der Waals surface area contributed by atoms with Crippen molar-refractivity contribution in [1.82, 2.24) is 9.97 Å². The fraction of sp³-hybridized carbons (Fsp3) is 0.750. The largest absolute Gasteiger partial charge is 0.353 e. The number of anilines is 1. The summed E-state index contributed by atoms with van der Waals surface area (Å²) >= 11 is 3.58. The molecule has 1 aliphatic heterocycles. The highest BCUT2D eigenvalue weighted by Gasteiger charge is 2.35. The van der Waals surface area contributed by atoms with E-state index in [1.165, 1.54) is 63.7 Å². The summed E-state index contributed by atoms with van der Waals surface area (Å²) < 4.78 is 0.960. The molecule has 3 aliphatic rings. The maximum atomic E-state index is 4.88. The van der Waals surface area contributed by atoms with Gasteiger partial charge in [-0.25, -0.2) is 9.97 Å². The van der Waals surface area contributed by atoms with Gasteiger partial charge in [0.05, 0.1) is 0 Å². The van der Waals surface area contributed by atoms with Crippen LogP contribution in [-0.2, 0) is 0 Å². The van der Waals surface area contributed by atoms with Crippen molar-refractivity contribution in [3.8, 4) is 0 Å². The molecule has 1 aromatic rings. The molecule has 0 spiro atoms. The lowest BCUT2D eigenvalue weighted by Gasteiger charge is -2.30. The van der Waals surface area contributed by atoms with E-state index in [0.717, 1.165) is 22.4 Å². The van der Waals surface area contributed by atoms with Gasteiger partial charge in [-0.05, 0) is 60.4 Å². The fourth-order valence-corrected chi connectivity index (χ4v) is 4.39. The summed E-state index contributed by atoms with van der Waals surface area (Å²) in [4.78, 5) is 12.0. The highest BCUT2D eigenvalue weighted by Crippen LogP contribution is 2.41. The van der Waals surface area contributed by atoms with Gasteiger partial charge in [-0.2, -0.15) is 0 Å². The second kappa shape index (κ2) is 5.28. The van der Waals surface area contributed by atoms with Crippen LogP contribution in [0.2, 0.25) is 0 Å².